The summed E-state index contributed by atoms with van der Waals surface area (Å²) in [5, 5.41) is 13.3. The average Bonchev–Trinajstić information content (AvgIpc) is 3.30. The summed E-state index contributed by atoms with van der Waals surface area (Å²) in [6.07, 6.45) is 7.19. The molecule has 0 radical (unpaired) electrons. The highest BCUT2D eigenvalue weighted by molar-refractivity contribution is 5.93. The van der Waals surface area contributed by atoms with E-state index in [0.717, 1.165) is 0 Å². The maximum Gasteiger partial charge on any atom is 0.325 e. The minimum absolute atomic E-state index is 0.0200. The third-order valence-electron chi connectivity index (χ3n) is 4.12. The van der Waals surface area contributed by atoms with Gasteiger partial charge in [0.25, 0.3) is 0 Å². The SMILES string of the molecule is C#CCCC1(CCNC(=O)CCC(=O)Nc2ccc3[nH]c(=O)[nH]c3n2)N=N1. The third kappa shape index (κ3) is 5.01. The van der Waals surface area contributed by atoms with Crippen molar-refractivity contribution < 1.29 is 9.59 Å². The van der Waals surface area contributed by atoms with Crippen LogP contribution in [0.3, 0.4) is 0 Å². The van der Waals surface area contributed by atoms with E-state index in [-0.39, 0.29) is 30.3 Å². The smallest absolute Gasteiger partial charge is 0.325 e. The number of carbonyl (C=O) groups is 2. The second-order valence-electron chi connectivity index (χ2n) is 6.21. The first kappa shape index (κ1) is 18.3. The number of rotatable bonds is 9. The zero-order valence-electron chi connectivity index (χ0n) is 14.5. The lowest BCUT2D eigenvalue weighted by Gasteiger charge is -2.10. The standard InChI is InChI=1S/C17H19N7O3/c1-2-3-8-17(23-24-17)9-10-18-13(25)6-7-14(26)20-12-5-4-11-15(21-12)22-16(27)19-11/h1,4-5H,3,6-10H2,(H,18,25)(H3,19,20,21,22,26,27). The molecule has 0 aliphatic carbocycles. The predicted molar refractivity (Wildman–Crippen MR) is 97.9 cm³/mol. The first-order chi connectivity index (χ1) is 13.0. The van der Waals surface area contributed by atoms with Crippen LogP contribution in [0.2, 0.25) is 0 Å². The largest absolute Gasteiger partial charge is 0.356 e. The lowest BCUT2D eigenvalue weighted by molar-refractivity contribution is -0.124. The molecule has 2 aromatic rings. The molecular formula is C17H19N7O3. The Balaban J connectivity index is 1.37. The molecule has 0 unspecified atom stereocenters. The number of amides is 2. The monoisotopic (exact) mass is 369 g/mol. The molecule has 1 aliphatic heterocycles. The molecule has 3 heterocycles. The number of aromatic nitrogens is 3. The number of hydrogen-bond donors (Lipinski definition) is 4. The summed E-state index contributed by atoms with van der Waals surface area (Å²) in [4.78, 5) is 44.2. The summed E-state index contributed by atoms with van der Waals surface area (Å²) < 4.78 is 0. The fourth-order valence-corrected chi connectivity index (χ4v) is 2.58. The number of aromatic amines is 2. The number of carbonyl (C=O) groups excluding carboxylic acids is 2. The molecule has 0 bridgehead atoms. The predicted octanol–water partition coefficient (Wildman–Crippen LogP) is 1.05. The van der Waals surface area contributed by atoms with Crippen LogP contribution in [0.15, 0.2) is 27.2 Å². The molecule has 140 valence electrons. The second-order valence-corrected chi connectivity index (χ2v) is 6.21. The number of nitrogens with one attached hydrogen (secondary N) is 4. The van der Waals surface area contributed by atoms with E-state index in [1.54, 1.807) is 12.1 Å². The van der Waals surface area contributed by atoms with Crippen LogP contribution in [0.1, 0.15) is 32.1 Å². The topological polar surface area (TPSA) is 144 Å². The van der Waals surface area contributed by atoms with E-state index in [9.17, 15) is 14.4 Å². The van der Waals surface area contributed by atoms with E-state index < -0.39 is 5.66 Å². The number of anilines is 1. The highest BCUT2D eigenvalue weighted by atomic mass is 16.2. The number of pyridine rings is 1. The Morgan fingerprint density at radius 2 is 1.93 bits per heavy atom. The van der Waals surface area contributed by atoms with Crippen molar-refractivity contribution in [3.63, 3.8) is 0 Å². The normalized spacial score (nSPS) is 13.9. The Hall–Kier alpha value is -3.48. The van der Waals surface area contributed by atoms with Gasteiger partial charge in [-0.15, -0.1) is 12.3 Å². The van der Waals surface area contributed by atoms with Gasteiger partial charge in [0.2, 0.25) is 11.8 Å². The first-order valence-electron chi connectivity index (χ1n) is 8.53. The van der Waals surface area contributed by atoms with Crippen LogP contribution in [0.4, 0.5) is 5.82 Å². The Morgan fingerprint density at radius 1 is 1.15 bits per heavy atom. The van der Waals surface area contributed by atoms with E-state index >= 15 is 0 Å². The first-order valence-corrected chi connectivity index (χ1v) is 8.53. The highest BCUT2D eigenvalue weighted by Gasteiger charge is 2.38. The lowest BCUT2D eigenvalue weighted by atomic mass is 10.0. The van der Waals surface area contributed by atoms with Crippen LogP contribution in [0.5, 0.6) is 0 Å². The number of imidazole rings is 1. The zero-order valence-corrected chi connectivity index (χ0v) is 14.5. The van der Waals surface area contributed by atoms with E-state index in [2.05, 4.69) is 41.7 Å². The maximum absolute atomic E-state index is 12.0. The molecule has 0 atom stereocenters. The highest BCUT2D eigenvalue weighted by Crippen LogP contribution is 2.35. The van der Waals surface area contributed by atoms with Crippen molar-refractivity contribution in [2.45, 2.75) is 37.8 Å². The number of terminal acetylenes is 1. The fraction of sp³-hybridized carbons (Fsp3) is 0.412. The number of H-pyrrole nitrogens is 2. The maximum atomic E-state index is 12.0. The van der Waals surface area contributed by atoms with Gasteiger partial charge in [0.05, 0.1) is 5.52 Å². The summed E-state index contributed by atoms with van der Waals surface area (Å²) >= 11 is 0. The van der Waals surface area contributed by atoms with Gasteiger partial charge in [-0.05, 0) is 12.1 Å². The van der Waals surface area contributed by atoms with Crippen molar-refractivity contribution in [1.29, 1.82) is 0 Å². The van der Waals surface area contributed by atoms with Crippen LogP contribution in [-0.2, 0) is 9.59 Å². The molecule has 0 fully saturated rings. The molecule has 10 nitrogen and oxygen atoms in total. The van der Waals surface area contributed by atoms with Gasteiger partial charge in [0.15, 0.2) is 11.3 Å². The molecule has 2 aromatic heterocycles. The van der Waals surface area contributed by atoms with Crippen LogP contribution >= 0.6 is 0 Å². The summed E-state index contributed by atoms with van der Waals surface area (Å²) in [5.74, 6) is 2.29. The van der Waals surface area contributed by atoms with Gasteiger partial charge in [-0.25, -0.2) is 9.78 Å². The summed E-state index contributed by atoms with van der Waals surface area (Å²) in [7, 11) is 0. The van der Waals surface area contributed by atoms with Crippen molar-refractivity contribution in [3.05, 3.63) is 22.6 Å². The molecule has 1 aliphatic rings. The molecule has 0 spiro atoms. The summed E-state index contributed by atoms with van der Waals surface area (Å²) in [5.41, 5.74) is 0.0998. The molecule has 2 amide bonds. The van der Waals surface area contributed by atoms with E-state index in [0.29, 0.717) is 42.8 Å². The van der Waals surface area contributed by atoms with Crippen LogP contribution in [0.25, 0.3) is 11.2 Å². The molecule has 10 heteroatoms. The quantitative estimate of drug-likeness (QED) is 0.490. The number of hydrogen-bond acceptors (Lipinski definition) is 6. The Labute approximate surface area is 154 Å². The van der Waals surface area contributed by atoms with Crippen LogP contribution in [-0.4, -0.2) is 39.0 Å². The second kappa shape index (κ2) is 7.82. The van der Waals surface area contributed by atoms with Gasteiger partial charge in [-0.3, -0.25) is 14.6 Å². The van der Waals surface area contributed by atoms with Crippen LogP contribution < -0.4 is 16.3 Å². The van der Waals surface area contributed by atoms with Gasteiger partial charge >= 0.3 is 5.69 Å². The zero-order chi connectivity index (χ0) is 19.3. The van der Waals surface area contributed by atoms with Gasteiger partial charge in [0.1, 0.15) is 5.82 Å². The van der Waals surface area contributed by atoms with Gasteiger partial charge < -0.3 is 15.6 Å². The van der Waals surface area contributed by atoms with E-state index in [1.165, 1.54) is 0 Å². The van der Waals surface area contributed by atoms with Crippen molar-refractivity contribution >= 4 is 28.8 Å². The molecule has 3 rings (SSSR count). The Bertz CT molecular complexity index is 976. The number of nitrogens with zero attached hydrogens (tertiary/aromatic N) is 3. The van der Waals surface area contributed by atoms with Crippen molar-refractivity contribution in [2.24, 2.45) is 10.2 Å². The molecule has 27 heavy (non-hydrogen) atoms. The number of fused-ring (bicyclic) bond motifs is 1. The van der Waals surface area contributed by atoms with Gasteiger partial charge in [0, 0.05) is 38.6 Å². The summed E-state index contributed by atoms with van der Waals surface area (Å²) in [6, 6.07) is 3.20. The minimum Gasteiger partial charge on any atom is -0.356 e. The lowest BCUT2D eigenvalue weighted by Crippen LogP contribution is -2.29. The van der Waals surface area contributed by atoms with Crippen molar-refractivity contribution in [3.8, 4) is 12.3 Å². The molecule has 0 saturated heterocycles. The summed E-state index contributed by atoms with van der Waals surface area (Å²) in [6.45, 7) is 0.428. The fourth-order valence-electron chi connectivity index (χ4n) is 2.58. The average molecular weight is 369 g/mol. The van der Waals surface area contributed by atoms with Crippen molar-refractivity contribution in [1.82, 2.24) is 20.3 Å². The Kier molecular flexibility index (Phi) is 5.30. The van der Waals surface area contributed by atoms with E-state index in [1.807, 2.05) is 0 Å². The van der Waals surface area contributed by atoms with Gasteiger partial charge in [-0.2, -0.15) is 10.2 Å². The van der Waals surface area contributed by atoms with Crippen LogP contribution in [0, 0.1) is 12.3 Å². The van der Waals surface area contributed by atoms with Gasteiger partial charge in [-0.1, -0.05) is 0 Å². The van der Waals surface area contributed by atoms with Crippen molar-refractivity contribution in [2.75, 3.05) is 11.9 Å². The molecule has 0 saturated carbocycles. The molecular weight excluding hydrogens is 350 g/mol. The molecule has 4 N–H and O–H groups in total. The Morgan fingerprint density at radius 3 is 2.67 bits per heavy atom. The third-order valence-corrected chi connectivity index (χ3v) is 4.12. The van der Waals surface area contributed by atoms with E-state index in [4.69, 9.17) is 6.42 Å². The molecule has 0 aromatic carbocycles. The minimum atomic E-state index is -0.430.